The van der Waals surface area contributed by atoms with E-state index in [0.29, 0.717) is 45.2 Å². The summed E-state index contributed by atoms with van der Waals surface area (Å²) in [5, 5.41) is 44.0. The highest BCUT2D eigenvalue weighted by Crippen LogP contribution is 2.35. The number of carboxylic acids is 2. The van der Waals surface area contributed by atoms with Gasteiger partial charge in [-0.2, -0.15) is 5.26 Å². The number of carbonyl (C=O) groups is 7. The number of aliphatic imine (C=N–C) groups is 1. The van der Waals surface area contributed by atoms with Crippen LogP contribution in [0.15, 0.2) is 177 Å². The molecule has 0 spiro atoms. The second-order valence-electron chi connectivity index (χ2n) is 18.7. The first-order valence-corrected chi connectivity index (χ1v) is 27.2. The fourth-order valence-corrected chi connectivity index (χ4v) is 8.33. The third-order valence-electron chi connectivity index (χ3n) is 12.8. The van der Waals surface area contributed by atoms with Crippen molar-refractivity contribution in [2.75, 3.05) is 66.1 Å². The van der Waals surface area contributed by atoms with E-state index in [1.54, 1.807) is 109 Å². The highest BCUT2D eigenvalue weighted by atomic mass is 16.6. The third kappa shape index (κ3) is 22.0. The molecule has 4 N–H and O–H groups in total. The van der Waals surface area contributed by atoms with Crippen molar-refractivity contribution < 1.29 is 106 Å². The molecule has 4 heterocycles. The van der Waals surface area contributed by atoms with E-state index in [-0.39, 0.29) is 83.0 Å². The topological polar surface area (TPSA) is 338 Å². The van der Waals surface area contributed by atoms with Gasteiger partial charge in [0.05, 0.1) is 84.6 Å². The molecule has 24 heteroatoms. The molecule has 5 aromatic carbocycles. The molecule has 0 aromatic heterocycles. The summed E-state index contributed by atoms with van der Waals surface area (Å²) < 4.78 is 58.7. The molecule has 9 rings (SSSR count). The molecule has 89 heavy (non-hydrogen) atoms. The molecule has 4 aliphatic heterocycles. The summed E-state index contributed by atoms with van der Waals surface area (Å²) in [6, 6.07) is 33.4. The number of hydrogen-bond acceptors (Lipinski definition) is 22. The molecule has 8 atom stereocenters. The van der Waals surface area contributed by atoms with E-state index in [0.717, 1.165) is 12.2 Å². The maximum absolute atomic E-state index is 13.1. The van der Waals surface area contributed by atoms with Gasteiger partial charge in [0.15, 0.2) is 18.0 Å². The summed E-state index contributed by atoms with van der Waals surface area (Å²) >= 11 is 0. The van der Waals surface area contributed by atoms with Gasteiger partial charge in [0, 0.05) is 17.7 Å². The number of nitriles is 1. The Bertz CT molecular complexity index is 3230. The van der Waals surface area contributed by atoms with Crippen molar-refractivity contribution in [3.8, 4) is 23.3 Å². The van der Waals surface area contributed by atoms with E-state index in [2.05, 4.69) is 38.0 Å². The molecule has 4 aliphatic rings. The van der Waals surface area contributed by atoms with Gasteiger partial charge in [0.2, 0.25) is 0 Å². The van der Waals surface area contributed by atoms with Crippen LogP contribution in [0.1, 0.15) is 57.4 Å². The van der Waals surface area contributed by atoms with Gasteiger partial charge in [-0.3, -0.25) is 9.79 Å². The fraction of sp³-hybridized carbons (Fsp3) is 0.277. The fourth-order valence-electron chi connectivity index (χ4n) is 8.33. The third-order valence-corrected chi connectivity index (χ3v) is 12.8. The van der Waals surface area contributed by atoms with Crippen LogP contribution in [-0.2, 0) is 47.5 Å². The van der Waals surface area contributed by atoms with Gasteiger partial charge >= 0.3 is 35.8 Å². The summed E-state index contributed by atoms with van der Waals surface area (Å²) in [5.41, 5.74) is 2.78. The van der Waals surface area contributed by atoms with E-state index < -0.39 is 84.5 Å². The molecule has 0 saturated carbocycles. The van der Waals surface area contributed by atoms with Crippen molar-refractivity contribution in [2.45, 2.75) is 42.7 Å². The van der Waals surface area contributed by atoms with Crippen LogP contribution in [0, 0.1) is 17.2 Å². The monoisotopic (exact) mass is 1230 g/mol. The highest BCUT2D eigenvalue weighted by Gasteiger charge is 2.52. The predicted octanol–water partition coefficient (Wildman–Crippen LogP) is 6.80. The molecular formula is C65H66N2O22. The van der Waals surface area contributed by atoms with Crippen molar-refractivity contribution in [1.82, 2.24) is 0 Å². The van der Waals surface area contributed by atoms with E-state index in [1.165, 1.54) is 24.3 Å². The number of ketones is 1. The van der Waals surface area contributed by atoms with Crippen molar-refractivity contribution in [3.63, 3.8) is 0 Å². The number of esters is 4. The number of hydrogen-bond donors (Lipinski definition) is 4. The largest absolute Gasteiger partial charge is 0.491 e. The average molecular weight is 1230 g/mol. The number of carbonyl (C=O) groups excluding carboxylic acids is 5. The zero-order valence-corrected chi connectivity index (χ0v) is 48.1. The Morgan fingerprint density at radius 2 is 0.910 bits per heavy atom. The molecular weight excluding hydrogens is 1160 g/mol. The van der Waals surface area contributed by atoms with E-state index in [4.69, 9.17) is 72.7 Å². The summed E-state index contributed by atoms with van der Waals surface area (Å²) in [7, 11) is 0. The highest BCUT2D eigenvalue weighted by molar-refractivity contribution is 5.99. The van der Waals surface area contributed by atoms with Crippen LogP contribution in [0.25, 0.3) is 0 Å². The normalized spacial score (nSPS) is 19.4. The molecule has 7 unspecified atom stereocenters. The number of carboxylic acid groups (broad SMARTS) is 2. The number of ether oxygens (including phenoxy) is 11. The van der Waals surface area contributed by atoms with E-state index in [9.17, 15) is 38.7 Å². The molecule has 5 aromatic rings. The Hall–Kier alpha value is -10.1. The molecule has 24 nitrogen and oxygen atoms in total. The number of nitrogens with zero attached hydrogens (tertiary/aromatic N) is 2. The summed E-state index contributed by atoms with van der Waals surface area (Å²) in [6.07, 6.45) is 1.80. The lowest BCUT2D eigenvalue weighted by atomic mass is 9.92. The van der Waals surface area contributed by atoms with Gasteiger partial charge in [-0.25, -0.2) is 28.8 Å². The summed E-state index contributed by atoms with van der Waals surface area (Å²) in [6.45, 7) is 18.2. The van der Waals surface area contributed by atoms with Crippen LogP contribution in [-0.4, -0.2) is 178 Å². The lowest BCUT2D eigenvalue weighted by Crippen LogP contribution is -2.34. The van der Waals surface area contributed by atoms with Crippen LogP contribution < -0.4 is 14.2 Å². The first kappa shape index (κ1) is 69.6. The lowest BCUT2D eigenvalue weighted by molar-refractivity contribution is -0.139. The number of benzene rings is 5. The smallest absolute Gasteiger partial charge is 0.338 e. The van der Waals surface area contributed by atoms with Crippen molar-refractivity contribution in [1.29, 1.82) is 5.26 Å². The van der Waals surface area contributed by atoms with Gasteiger partial charge in [-0.1, -0.05) is 38.5 Å². The minimum atomic E-state index is -0.989. The number of aliphatic hydroxyl groups excluding tert-OH is 2. The first-order valence-electron chi connectivity index (χ1n) is 27.2. The van der Waals surface area contributed by atoms with Crippen LogP contribution in [0.2, 0.25) is 0 Å². The number of Topliss-reactive ketones (excluding diaryl/α,β-unsaturated/α-hetero) is 1. The zero-order chi connectivity index (χ0) is 64.7. The maximum Gasteiger partial charge on any atom is 0.338 e. The number of fused-ring (bicyclic) bond motifs is 2. The van der Waals surface area contributed by atoms with E-state index >= 15 is 0 Å². The van der Waals surface area contributed by atoms with Gasteiger partial charge < -0.3 is 72.5 Å². The Kier molecular flexibility index (Phi) is 28.8. The molecule has 0 bridgehead atoms. The molecule has 0 radical (unpaired) electrons. The number of aliphatic hydroxyl groups is 2. The Morgan fingerprint density at radius 1 is 0.517 bits per heavy atom. The van der Waals surface area contributed by atoms with E-state index in [1.807, 2.05) is 6.07 Å². The molecule has 468 valence electrons. The quantitative estimate of drug-likeness (QED) is 0.00993. The van der Waals surface area contributed by atoms with Crippen LogP contribution >= 0.6 is 0 Å². The molecule has 4 saturated heterocycles. The SMILES string of the molecule is C=CC(=O)OCCOc1ccc(C(=O)O)cc1.C=CC(=O)OCCOc1ccc(C(=O)[C@H]2COC3C(OC(=O)c4ccc(N=C)cc4)COC32)cc1.C=CC=C.N#Cc1ccc(C(=O)OC2COC3C(O)COC23)cc1.O=C(O)c1ccc(OCCO)cc1. The first-order chi connectivity index (χ1) is 43.0. The maximum atomic E-state index is 13.1. The predicted molar refractivity (Wildman–Crippen MR) is 318 cm³/mol. The number of aromatic carboxylic acids is 2. The Balaban J connectivity index is 0.000000227. The molecule has 0 amide bonds. The van der Waals surface area contributed by atoms with Gasteiger partial charge in [-0.15, -0.1) is 0 Å². The van der Waals surface area contributed by atoms with Crippen molar-refractivity contribution >= 4 is 54.0 Å². The lowest BCUT2D eigenvalue weighted by Gasteiger charge is -2.17. The Morgan fingerprint density at radius 3 is 1.33 bits per heavy atom. The number of allylic oxidation sites excluding steroid dienone is 2. The number of rotatable bonds is 23. The summed E-state index contributed by atoms with van der Waals surface area (Å²) in [5.74, 6) is -2.98. The molecule has 4 fully saturated rings. The van der Waals surface area contributed by atoms with Gasteiger partial charge in [-0.05, 0) is 128 Å². The second kappa shape index (κ2) is 36.8. The van der Waals surface area contributed by atoms with Crippen molar-refractivity contribution in [2.24, 2.45) is 10.9 Å². The minimum Gasteiger partial charge on any atom is -0.491 e. The standard InChI is InChI=1S/C26H25NO8.C14H13NO5.C12H12O5.C9H10O4.C4H6/c1-3-22(28)32-13-12-31-19-10-6-16(7-11-19)23(29)20-14-33-25-21(15-34-24(20)25)35-26(30)17-4-8-18(27-2)9-5-17;15-5-8-1-3-9(4-2-8)14(17)20-11-7-19-12-10(16)6-18-13(11)12;1-2-11(13)17-8-7-16-10-5-3-9(4-6-10)12(14)15;10-5-6-13-8-3-1-7(2-4-8)9(11)12;1-3-4-2/h3-11,20-21,24-25H,1-2,12-15H2;1-4,10-13,16H,6-7H2;2-6H,1,7-8H2,(H,14,15);1-4,10H,5-6H2,(H,11,12);3-4H,1-2H2/t20-,21?,24?,25?;;;;/m1..../s1. The second-order valence-corrected chi connectivity index (χ2v) is 18.7. The summed E-state index contributed by atoms with van der Waals surface area (Å²) in [4.78, 5) is 84.1. The molecule has 0 aliphatic carbocycles. The average Bonchev–Trinajstić information content (AvgIpc) is 1.71. The van der Waals surface area contributed by atoms with Crippen LogP contribution in [0.5, 0.6) is 17.2 Å². The zero-order valence-electron chi connectivity index (χ0n) is 48.1. The van der Waals surface area contributed by atoms with Crippen LogP contribution in [0.3, 0.4) is 0 Å². The van der Waals surface area contributed by atoms with Crippen LogP contribution in [0.4, 0.5) is 5.69 Å². The van der Waals surface area contributed by atoms with Crippen molar-refractivity contribution in [3.05, 3.63) is 205 Å². The van der Waals surface area contributed by atoms with Gasteiger partial charge in [0.25, 0.3) is 0 Å². The van der Waals surface area contributed by atoms with Gasteiger partial charge in [0.1, 0.15) is 74.7 Å². The minimum absolute atomic E-state index is 0.0549. The Labute approximate surface area is 512 Å².